The molecule has 0 N–H and O–H groups in total. The van der Waals surface area contributed by atoms with Crippen molar-refractivity contribution in [3.8, 4) is 5.75 Å². The molecule has 148 valence electrons. The maximum absolute atomic E-state index is 12.9. The number of ether oxygens (including phenoxy) is 1. The standard InChI is InChI=1S/C23H20BrNO4/c24-16-5-3-13(4-6-16)19(26)12-29-18-9-7-17(8-10-18)25-22(27)20-14-1-2-15(11-14)21(20)23(25)28/h3-10,14-15,20-21H,1-2,11-12H2. The minimum Gasteiger partial charge on any atom is -0.485 e. The molecule has 2 amide bonds. The lowest BCUT2D eigenvalue weighted by atomic mass is 9.81. The van der Waals surface area contributed by atoms with Crippen LogP contribution in [-0.2, 0) is 9.59 Å². The first-order chi connectivity index (χ1) is 14.0. The van der Waals surface area contributed by atoms with Gasteiger partial charge >= 0.3 is 0 Å². The van der Waals surface area contributed by atoms with Gasteiger partial charge in [-0.25, -0.2) is 0 Å². The molecule has 3 aliphatic rings. The SMILES string of the molecule is O=C(COc1ccc(N2C(=O)C3C4CCC(C4)C3C2=O)cc1)c1ccc(Br)cc1. The van der Waals surface area contributed by atoms with Gasteiger partial charge in [-0.1, -0.05) is 28.1 Å². The van der Waals surface area contributed by atoms with E-state index in [0.29, 0.717) is 28.8 Å². The van der Waals surface area contributed by atoms with Crippen molar-refractivity contribution in [3.05, 3.63) is 58.6 Å². The number of Topliss-reactive ketones (excluding diaryl/α,β-unsaturated/α-hetero) is 1. The highest BCUT2D eigenvalue weighted by molar-refractivity contribution is 9.10. The lowest BCUT2D eigenvalue weighted by Crippen LogP contribution is -2.32. The largest absolute Gasteiger partial charge is 0.485 e. The van der Waals surface area contributed by atoms with Crippen molar-refractivity contribution in [3.63, 3.8) is 0 Å². The number of imide groups is 1. The van der Waals surface area contributed by atoms with E-state index in [1.807, 2.05) is 12.1 Å². The molecule has 0 radical (unpaired) electrons. The summed E-state index contributed by atoms with van der Waals surface area (Å²) < 4.78 is 6.50. The Morgan fingerprint density at radius 1 is 0.931 bits per heavy atom. The first-order valence-electron chi connectivity index (χ1n) is 9.92. The smallest absolute Gasteiger partial charge is 0.237 e. The zero-order valence-corrected chi connectivity index (χ0v) is 17.3. The van der Waals surface area contributed by atoms with Crippen LogP contribution in [0.2, 0.25) is 0 Å². The fraction of sp³-hybridized carbons (Fsp3) is 0.348. The molecule has 3 fully saturated rings. The second kappa shape index (κ2) is 7.10. The lowest BCUT2D eigenvalue weighted by Gasteiger charge is -2.19. The maximum atomic E-state index is 12.9. The number of fused-ring (bicyclic) bond motifs is 5. The first kappa shape index (κ1) is 18.6. The molecule has 2 aromatic carbocycles. The molecule has 0 spiro atoms. The second-order valence-electron chi connectivity index (χ2n) is 8.11. The van der Waals surface area contributed by atoms with Crippen LogP contribution >= 0.6 is 15.9 Å². The summed E-state index contributed by atoms with van der Waals surface area (Å²) in [5.74, 6) is 0.810. The molecule has 29 heavy (non-hydrogen) atoms. The van der Waals surface area contributed by atoms with Crippen LogP contribution in [0, 0.1) is 23.7 Å². The highest BCUT2D eigenvalue weighted by Crippen LogP contribution is 2.56. The average molecular weight is 454 g/mol. The number of carbonyl (C=O) groups excluding carboxylic acids is 3. The fourth-order valence-electron chi connectivity index (χ4n) is 5.22. The quantitative estimate of drug-likeness (QED) is 0.501. The molecule has 1 aliphatic heterocycles. The van der Waals surface area contributed by atoms with Crippen molar-refractivity contribution in [1.82, 2.24) is 0 Å². The van der Waals surface area contributed by atoms with E-state index in [-0.39, 0.29) is 36.0 Å². The summed E-state index contributed by atoms with van der Waals surface area (Å²) >= 11 is 3.34. The van der Waals surface area contributed by atoms with Crippen molar-refractivity contribution < 1.29 is 19.1 Å². The van der Waals surface area contributed by atoms with Crippen LogP contribution < -0.4 is 9.64 Å². The van der Waals surface area contributed by atoms with Gasteiger partial charge in [0, 0.05) is 10.0 Å². The molecule has 5 rings (SSSR count). The summed E-state index contributed by atoms with van der Waals surface area (Å²) in [4.78, 5) is 39.4. The third-order valence-electron chi connectivity index (χ3n) is 6.56. The number of halogens is 1. The molecular formula is C23H20BrNO4. The van der Waals surface area contributed by atoms with E-state index < -0.39 is 0 Å². The Labute approximate surface area is 177 Å². The number of amides is 2. The Balaban J connectivity index is 1.26. The number of carbonyl (C=O) groups is 3. The molecule has 6 heteroatoms. The van der Waals surface area contributed by atoms with Gasteiger partial charge in [-0.15, -0.1) is 0 Å². The van der Waals surface area contributed by atoms with Crippen LogP contribution in [0.4, 0.5) is 5.69 Å². The van der Waals surface area contributed by atoms with Crippen LogP contribution in [-0.4, -0.2) is 24.2 Å². The summed E-state index contributed by atoms with van der Waals surface area (Å²) in [7, 11) is 0. The van der Waals surface area contributed by atoms with Crippen molar-refractivity contribution >= 4 is 39.2 Å². The predicted octanol–water partition coefficient (Wildman–Crippen LogP) is 4.25. The number of rotatable bonds is 5. The highest BCUT2D eigenvalue weighted by atomic mass is 79.9. The van der Waals surface area contributed by atoms with Crippen molar-refractivity contribution in [1.29, 1.82) is 0 Å². The van der Waals surface area contributed by atoms with Gasteiger partial charge in [0.1, 0.15) is 5.75 Å². The molecule has 2 saturated carbocycles. The van der Waals surface area contributed by atoms with Gasteiger partial charge in [0.25, 0.3) is 0 Å². The van der Waals surface area contributed by atoms with Crippen LogP contribution in [0.15, 0.2) is 53.0 Å². The molecular weight excluding hydrogens is 434 g/mol. The normalized spacial score (nSPS) is 27.4. The number of hydrogen-bond acceptors (Lipinski definition) is 4. The molecule has 2 aliphatic carbocycles. The lowest BCUT2D eigenvalue weighted by molar-refractivity contribution is -0.123. The van der Waals surface area contributed by atoms with E-state index >= 15 is 0 Å². The van der Waals surface area contributed by atoms with E-state index in [9.17, 15) is 14.4 Å². The van der Waals surface area contributed by atoms with E-state index in [0.717, 1.165) is 23.7 Å². The molecule has 2 aromatic rings. The van der Waals surface area contributed by atoms with Gasteiger partial charge in [-0.05, 0) is 67.5 Å². The van der Waals surface area contributed by atoms with E-state index in [1.165, 1.54) is 4.90 Å². The summed E-state index contributed by atoms with van der Waals surface area (Å²) in [6.45, 7) is -0.0734. The Bertz CT molecular complexity index is 957. The molecule has 2 bridgehead atoms. The zero-order chi connectivity index (χ0) is 20.1. The number of benzene rings is 2. The minimum atomic E-state index is -0.124. The third kappa shape index (κ3) is 3.10. The van der Waals surface area contributed by atoms with Gasteiger partial charge in [0.05, 0.1) is 17.5 Å². The second-order valence-corrected chi connectivity index (χ2v) is 9.02. The summed E-state index contributed by atoms with van der Waals surface area (Å²) in [5, 5.41) is 0. The summed E-state index contributed by atoms with van der Waals surface area (Å²) in [6.07, 6.45) is 3.16. The van der Waals surface area contributed by atoms with Gasteiger partial charge < -0.3 is 4.74 Å². The van der Waals surface area contributed by atoms with Crippen molar-refractivity contribution in [2.45, 2.75) is 19.3 Å². The molecule has 4 atom stereocenters. The van der Waals surface area contributed by atoms with E-state index in [1.54, 1.807) is 36.4 Å². The highest BCUT2D eigenvalue weighted by Gasteiger charge is 2.61. The molecule has 4 unspecified atom stereocenters. The Kier molecular flexibility index (Phi) is 4.54. The number of anilines is 1. The van der Waals surface area contributed by atoms with Crippen LogP contribution in [0.5, 0.6) is 5.75 Å². The Hall–Kier alpha value is -2.47. The van der Waals surface area contributed by atoms with Crippen molar-refractivity contribution in [2.75, 3.05) is 11.5 Å². The molecule has 5 nitrogen and oxygen atoms in total. The minimum absolute atomic E-state index is 0.0497. The number of ketones is 1. The van der Waals surface area contributed by atoms with Gasteiger partial charge in [0.15, 0.2) is 12.4 Å². The fourth-order valence-corrected chi connectivity index (χ4v) is 5.49. The predicted molar refractivity (Wildman–Crippen MR) is 111 cm³/mol. The summed E-state index contributed by atoms with van der Waals surface area (Å²) in [6, 6.07) is 14.0. The monoisotopic (exact) mass is 453 g/mol. The number of nitrogens with zero attached hydrogens (tertiary/aromatic N) is 1. The Morgan fingerprint density at radius 2 is 1.52 bits per heavy atom. The summed E-state index contributed by atoms with van der Waals surface area (Å²) in [5.41, 5.74) is 1.17. The van der Waals surface area contributed by atoms with Crippen molar-refractivity contribution in [2.24, 2.45) is 23.7 Å². The van der Waals surface area contributed by atoms with Gasteiger partial charge in [-0.2, -0.15) is 0 Å². The molecule has 1 saturated heterocycles. The molecule has 1 heterocycles. The van der Waals surface area contributed by atoms with Crippen LogP contribution in [0.3, 0.4) is 0 Å². The maximum Gasteiger partial charge on any atom is 0.237 e. The number of hydrogen-bond donors (Lipinski definition) is 0. The topological polar surface area (TPSA) is 63.7 Å². The van der Waals surface area contributed by atoms with Crippen LogP contribution in [0.1, 0.15) is 29.6 Å². The third-order valence-corrected chi connectivity index (χ3v) is 7.09. The first-order valence-corrected chi connectivity index (χ1v) is 10.7. The van der Waals surface area contributed by atoms with E-state index in [4.69, 9.17) is 4.74 Å². The van der Waals surface area contributed by atoms with Crippen LogP contribution in [0.25, 0.3) is 0 Å². The van der Waals surface area contributed by atoms with E-state index in [2.05, 4.69) is 15.9 Å². The molecule has 0 aromatic heterocycles. The van der Waals surface area contributed by atoms with Gasteiger partial charge in [0.2, 0.25) is 11.8 Å². The zero-order valence-electron chi connectivity index (χ0n) is 15.7. The average Bonchev–Trinajstić information content (AvgIpc) is 3.41. The van der Waals surface area contributed by atoms with Gasteiger partial charge in [-0.3, -0.25) is 19.3 Å². The Morgan fingerprint density at radius 3 is 2.10 bits per heavy atom.